The minimum atomic E-state index is 0.688. The SMILES string of the molecule is Cc1cc(Cc2ccc(C3CCCCC3)cc2)cc(-c2cccc3c2oc2nc(C)ccc23)n1. The number of aromatic nitrogens is 2. The van der Waals surface area contributed by atoms with Gasteiger partial charge in [0, 0.05) is 27.7 Å². The standard InChI is InChI=1S/C31H30N2O/c1-20-11-16-27-26-9-6-10-28(30(26)34-31(27)33-20)29-19-23(17-21(2)32-29)18-22-12-14-25(15-13-22)24-7-4-3-5-8-24/h6,9-17,19,24H,3-5,7-8,18H2,1-2H3. The molecule has 0 unspecified atom stereocenters. The highest BCUT2D eigenvalue weighted by Gasteiger charge is 2.16. The minimum absolute atomic E-state index is 0.688. The summed E-state index contributed by atoms with van der Waals surface area (Å²) in [6, 6.07) is 24.2. The molecule has 34 heavy (non-hydrogen) atoms. The smallest absolute Gasteiger partial charge is 0.227 e. The second-order valence-corrected chi connectivity index (χ2v) is 9.84. The second-order valence-electron chi connectivity index (χ2n) is 9.84. The van der Waals surface area contributed by atoms with E-state index in [1.807, 2.05) is 13.0 Å². The number of pyridine rings is 2. The van der Waals surface area contributed by atoms with Crippen molar-refractivity contribution in [3.63, 3.8) is 0 Å². The molecule has 1 fully saturated rings. The van der Waals surface area contributed by atoms with E-state index in [0.29, 0.717) is 5.71 Å². The van der Waals surface area contributed by atoms with Crippen molar-refractivity contribution in [2.75, 3.05) is 0 Å². The van der Waals surface area contributed by atoms with E-state index in [-0.39, 0.29) is 0 Å². The van der Waals surface area contributed by atoms with Crippen LogP contribution in [-0.2, 0) is 6.42 Å². The summed E-state index contributed by atoms with van der Waals surface area (Å²) in [6.07, 6.45) is 7.73. The molecule has 0 atom stereocenters. The molecule has 0 amide bonds. The minimum Gasteiger partial charge on any atom is -0.437 e. The molecule has 5 aromatic rings. The van der Waals surface area contributed by atoms with Crippen LogP contribution >= 0.6 is 0 Å². The number of nitrogens with zero attached hydrogens (tertiary/aromatic N) is 2. The first-order chi connectivity index (χ1) is 16.6. The predicted octanol–water partition coefficient (Wildman–Crippen LogP) is 8.30. The Kier molecular flexibility index (Phi) is 5.41. The van der Waals surface area contributed by atoms with Crippen LogP contribution in [0.1, 0.15) is 66.1 Å². The quantitative estimate of drug-likeness (QED) is 0.279. The molecule has 3 heteroatoms. The van der Waals surface area contributed by atoms with Crippen molar-refractivity contribution in [3.8, 4) is 11.3 Å². The Labute approximate surface area is 200 Å². The van der Waals surface area contributed by atoms with Gasteiger partial charge in [-0.1, -0.05) is 55.7 Å². The maximum atomic E-state index is 6.24. The fraction of sp³-hybridized carbons (Fsp3) is 0.290. The van der Waals surface area contributed by atoms with Gasteiger partial charge in [0.1, 0.15) is 5.58 Å². The molecule has 0 radical (unpaired) electrons. The summed E-state index contributed by atoms with van der Waals surface area (Å²) in [6.45, 7) is 4.06. The normalized spacial score (nSPS) is 14.8. The zero-order valence-electron chi connectivity index (χ0n) is 20.0. The van der Waals surface area contributed by atoms with E-state index >= 15 is 0 Å². The number of furan rings is 1. The lowest BCUT2D eigenvalue weighted by molar-refractivity contribution is 0.443. The van der Waals surface area contributed by atoms with Crippen molar-refractivity contribution >= 4 is 22.1 Å². The Bertz CT molecular complexity index is 1470. The number of rotatable bonds is 4. The van der Waals surface area contributed by atoms with Crippen molar-refractivity contribution < 1.29 is 4.42 Å². The van der Waals surface area contributed by atoms with Crippen LogP contribution in [0.15, 0.2) is 71.1 Å². The molecule has 0 spiro atoms. The fourth-order valence-electron chi connectivity index (χ4n) is 5.53. The first-order valence-corrected chi connectivity index (χ1v) is 12.5. The van der Waals surface area contributed by atoms with Gasteiger partial charge < -0.3 is 4.42 Å². The predicted molar refractivity (Wildman–Crippen MR) is 139 cm³/mol. The molecule has 0 bridgehead atoms. The molecule has 2 aromatic carbocycles. The molecule has 1 aliphatic rings. The van der Waals surface area contributed by atoms with Crippen LogP contribution in [0.5, 0.6) is 0 Å². The van der Waals surface area contributed by atoms with Crippen molar-refractivity contribution in [1.82, 2.24) is 9.97 Å². The number of hydrogen-bond donors (Lipinski definition) is 0. The summed E-state index contributed by atoms with van der Waals surface area (Å²) in [7, 11) is 0. The van der Waals surface area contributed by atoms with Gasteiger partial charge in [-0.3, -0.25) is 4.98 Å². The van der Waals surface area contributed by atoms with Gasteiger partial charge in [-0.25, -0.2) is 4.98 Å². The van der Waals surface area contributed by atoms with Gasteiger partial charge >= 0.3 is 0 Å². The lowest BCUT2D eigenvalue weighted by Gasteiger charge is -2.22. The highest BCUT2D eigenvalue weighted by atomic mass is 16.3. The van der Waals surface area contributed by atoms with Crippen LogP contribution in [-0.4, -0.2) is 9.97 Å². The van der Waals surface area contributed by atoms with E-state index in [2.05, 4.69) is 72.6 Å². The third kappa shape index (κ3) is 4.00. The molecular weight excluding hydrogens is 416 g/mol. The largest absolute Gasteiger partial charge is 0.437 e. The van der Waals surface area contributed by atoms with Crippen molar-refractivity contribution in [2.45, 2.75) is 58.3 Å². The number of fused-ring (bicyclic) bond motifs is 3. The van der Waals surface area contributed by atoms with Crippen LogP contribution in [0.2, 0.25) is 0 Å². The van der Waals surface area contributed by atoms with Crippen molar-refractivity contribution in [2.24, 2.45) is 0 Å². The summed E-state index contributed by atoms with van der Waals surface area (Å²) in [5.41, 5.74) is 9.63. The van der Waals surface area contributed by atoms with Gasteiger partial charge in [0.15, 0.2) is 0 Å². The third-order valence-corrected chi connectivity index (χ3v) is 7.26. The Balaban J connectivity index is 1.33. The molecular formula is C31H30N2O. The molecule has 3 heterocycles. The summed E-state index contributed by atoms with van der Waals surface area (Å²) in [4.78, 5) is 9.47. The Hall–Kier alpha value is -3.46. The maximum absolute atomic E-state index is 6.24. The van der Waals surface area contributed by atoms with Crippen LogP contribution in [0.4, 0.5) is 0 Å². The van der Waals surface area contributed by atoms with Crippen molar-refractivity contribution in [1.29, 1.82) is 0 Å². The van der Waals surface area contributed by atoms with E-state index in [1.54, 1.807) is 0 Å². The van der Waals surface area contributed by atoms with Crippen LogP contribution < -0.4 is 0 Å². The highest BCUT2D eigenvalue weighted by molar-refractivity contribution is 6.08. The Morgan fingerprint density at radius 2 is 1.59 bits per heavy atom. The van der Waals surface area contributed by atoms with E-state index in [9.17, 15) is 0 Å². The summed E-state index contributed by atoms with van der Waals surface area (Å²) >= 11 is 0. The number of benzene rings is 2. The van der Waals surface area contributed by atoms with Gasteiger partial charge in [0.2, 0.25) is 5.71 Å². The maximum Gasteiger partial charge on any atom is 0.227 e. The van der Waals surface area contributed by atoms with Crippen LogP contribution in [0.3, 0.4) is 0 Å². The Morgan fingerprint density at radius 1 is 0.765 bits per heavy atom. The molecule has 0 aliphatic heterocycles. The topological polar surface area (TPSA) is 38.9 Å². The number of hydrogen-bond acceptors (Lipinski definition) is 3. The van der Waals surface area contributed by atoms with Gasteiger partial charge in [0.25, 0.3) is 0 Å². The third-order valence-electron chi connectivity index (χ3n) is 7.26. The number of aryl methyl sites for hydroxylation is 2. The average Bonchev–Trinajstić information content (AvgIpc) is 3.22. The van der Waals surface area contributed by atoms with E-state index in [1.165, 1.54) is 48.8 Å². The van der Waals surface area contributed by atoms with E-state index in [0.717, 1.165) is 51.3 Å². The second kappa shape index (κ2) is 8.72. The lowest BCUT2D eigenvalue weighted by atomic mass is 9.84. The molecule has 170 valence electrons. The average molecular weight is 447 g/mol. The molecule has 1 aliphatic carbocycles. The van der Waals surface area contributed by atoms with Gasteiger partial charge in [-0.05, 0) is 86.1 Å². The lowest BCUT2D eigenvalue weighted by Crippen LogP contribution is -2.04. The van der Waals surface area contributed by atoms with E-state index in [4.69, 9.17) is 9.40 Å². The zero-order valence-corrected chi connectivity index (χ0v) is 20.0. The molecule has 1 saturated carbocycles. The highest BCUT2D eigenvalue weighted by Crippen LogP contribution is 2.35. The first kappa shape index (κ1) is 21.1. The van der Waals surface area contributed by atoms with Crippen LogP contribution in [0.25, 0.3) is 33.3 Å². The first-order valence-electron chi connectivity index (χ1n) is 12.5. The Morgan fingerprint density at radius 3 is 2.41 bits per heavy atom. The molecule has 6 rings (SSSR count). The molecule has 0 saturated heterocycles. The monoisotopic (exact) mass is 446 g/mol. The zero-order chi connectivity index (χ0) is 23.1. The van der Waals surface area contributed by atoms with Crippen molar-refractivity contribution in [3.05, 3.63) is 94.8 Å². The molecule has 3 nitrogen and oxygen atoms in total. The molecule has 3 aromatic heterocycles. The van der Waals surface area contributed by atoms with E-state index < -0.39 is 0 Å². The van der Waals surface area contributed by atoms with Gasteiger partial charge in [-0.15, -0.1) is 0 Å². The summed E-state index contributed by atoms with van der Waals surface area (Å²) in [5.74, 6) is 0.750. The fourth-order valence-corrected chi connectivity index (χ4v) is 5.53. The summed E-state index contributed by atoms with van der Waals surface area (Å²) < 4.78 is 6.24. The summed E-state index contributed by atoms with van der Waals surface area (Å²) in [5, 5.41) is 2.14. The van der Waals surface area contributed by atoms with Crippen LogP contribution in [0, 0.1) is 13.8 Å². The number of para-hydroxylation sites is 1. The van der Waals surface area contributed by atoms with Gasteiger partial charge in [-0.2, -0.15) is 0 Å². The van der Waals surface area contributed by atoms with Gasteiger partial charge in [0.05, 0.1) is 5.69 Å². The molecule has 0 N–H and O–H groups in total.